The molecule has 0 saturated heterocycles. The largest absolute Gasteiger partial charge is 0.494 e. The van der Waals surface area contributed by atoms with Crippen LogP contribution >= 0.6 is 0 Å². The summed E-state index contributed by atoms with van der Waals surface area (Å²) in [6, 6.07) is 16.9. The van der Waals surface area contributed by atoms with Crippen LogP contribution in [0.15, 0.2) is 54.6 Å². The van der Waals surface area contributed by atoms with Crippen molar-refractivity contribution in [3.8, 4) is 22.7 Å². The van der Waals surface area contributed by atoms with E-state index in [4.69, 9.17) is 4.74 Å². The highest BCUT2D eigenvalue weighted by molar-refractivity contribution is 5.87. The fraction of sp³-hybridized carbons (Fsp3) is 0.158. The van der Waals surface area contributed by atoms with Crippen molar-refractivity contribution in [1.82, 2.24) is 9.78 Å². The minimum atomic E-state index is -1.05. The van der Waals surface area contributed by atoms with Crippen LogP contribution in [0.2, 0.25) is 0 Å². The zero-order valence-electron chi connectivity index (χ0n) is 13.6. The van der Waals surface area contributed by atoms with Crippen LogP contribution in [-0.4, -0.2) is 27.5 Å². The zero-order valence-corrected chi connectivity index (χ0v) is 13.6. The van der Waals surface area contributed by atoms with Gasteiger partial charge >= 0.3 is 5.97 Å². The minimum absolute atomic E-state index is 0.0143. The van der Waals surface area contributed by atoms with Gasteiger partial charge in [0.1, 0.15) is 5.75 Å². The number of hydrogen-bond donors (Lipinski definition) is 1. The molecule has 0 bridgehead atoms. The number of aryl methyl sites for hydroxylation is 1. The smallest absolute Gasteiger partial charge is 0.356 e. The third-order valence-corrected chi connectivity index (χ3v) is 3.64. The van der Waals surface area contributed by atoms with Crippen LogP contribution in [0.25, 0.3) is 16.9 Å². The van der Waals surface area contributed by atoms with E-state index in [2.05, 4.69) is 5.10 Å². The summed E-state index contributed by atoms with van der Waals surface area (Å²) in [7, 11) is 0. The van der Waals surface area contributed by atoms with E-state index in [1.807, 2.05) is 62.4 Å². The SMILES string of the molecule is CCOc1ccc(-c2cc(C(=O)O)nn2-c2cccc(C)c2)cc1. The maximum absolute atomic E-state index is 11.3. The van der Waals surface area contributed by atoms with Gasteiger partial charge in [-0.2, -0.15) is 5.10 Å². The van der Waals surface area contributed by atoms with Crippen molar-refractivity contribution in [3.05, 3.63) is 65.9 Å². The molecule has 0 aliphatic rings. The van der Waals surface area contributed by atoms with Gasteiger partial charge in [-0.1, -0.05) is 12.1 Å². The lowest BCUT2D eigenvalue weighted by atomic mass is 10.1. The molecule has 0 fully saturated rings. The molecule has 2 aromatic carbocycles. The summed E-state index contributed by atoms with van der Waals surface area (Å²) in [5, 5.41) is 13.5. The lowest BCUT2D eigenvalue weighted by Crippen LogP contribution is -2.02. The van der Waals surface area contributed by atoms with Crippen molar-refractivity contribution in [2.45, 2.75) is 13.8 Å². The van der Waals surface area contributed by atoms with E-state index in [1.54, 1.807) is 10.7 Å². The summed E-state index contributed by atoms with van der Waals surface area (Å²) in [5.74, 6) is -0.269. The summed E-state index contributed by atoms with van der Waals surface area (Å²) >= 11 is 0. The lowest BCUT2D eigenvalue weighted by Gasteiger charge is -2.09. The first kappa shape index (κ1) is 15.8. The Morgan fingerprint density at radius 2 is 1.92 bits per heavy atom. The van der Waals surface area contributed by atoms with Crippen LogP contribution in [0, 0.1) is 6.92 Å². The van der Waals surface area contributed by atoms with E-state index in [1.165, 1.54) is 0 Å². The number of aromatic carboxylic acids is 1. The first-order chi connectivity index (χ1) is 11.6. The molecule has 0 amide bonds. The fourth-order valence-electron chi connectivity index (χ4n) is 2.54. The van der Waals surface area contributed by atoms with Crippen LogP contribution < -0.4 is 4.74 Å². The topological polar surface area (TPSA) is 64.3 Å². The quantitative estimate of drug-likeness (QED) is 0.772. The number of aromatic nitrogens is 2. The van der Waals surface area contributed by atoms with Crippen molar-refractivity contribution in [3.63, 3.8) is 0 Å². The van der Waals surface area contributed by atoms with Crippen molar-refractivity contribution in [2.24, 2.45) is 0 Å². The average molecular weight is 322 g/mol. The Kier molecular flexibility index (Phi) is 4.33. The molecule has 0 atom stereocenters. The Balaban J connectivity index is 2.10. The maximum Gasteiger partial charge on any atom is 0.356 e. The molecule has 0 spiro atoms. The number of rotatable bonds is 5. The molecule has 0 saturated carbocycles. The van der Waals surface area contributed by atoms with Gasteiger partial charge in [-0.3, -0.25) is 0 Å². The number of benzene rings is 2. The molecule has 0 aliphatic heterocycles. The molecule has 122 valence electrons. The van der Waals surface area contributed by atoms with Crippen LogP contribution in [0.1, 0.15) is 23.0 Å². The predicted molar refractivity (Wildman–Crippen MR) is 91.9 cm³/mol. The van der Waals surface area contributed by atoms with Crippen LogP contribution in [0.4, 0.5) is 0 Å². The van der Waals surface area contributed by atoms with Gasteiger partial charge in [-0.25, -0.2) is 9.48 Å². The van der Waals surface area contributed by atoms with Crippen LogP contribution in [0.5, 0.6) is 5.75 Å². The molecule has 0 aliphatic carbocycles. The van der Waals surface area contributed by atoms with Crippen LogP contribution in [0.3, 0.4) is 0 Å². The van der Waals surface area contributed by atoms with Gasteiger partial charge in [0, 0.05) is 5.56 Å². The Bertz CT molecular complexity index is 867. The average Bonchev–Trinajstić information content (AvgIpc) is 3.01. The van der Waals surface area contributed by atoms with Gasteiger partial charge < -0.3 is 9.84 Å². The van der Waals surface area contributed by atoms with Crippen molar-refractivity contribution < 1.29 is 14.6 Å². The summed E-state index contributed by atoms with van der Waals surface area (Å²) < 4.78 is 7.11. The third kappa shape index (κ3) is 3.15. The Hall–Kier alpha value is -3.08. The number of carbonyl (C=O) groups is 1. The van der Waals surface area contributed by atoms with E-state index in [0.29, 0.717) is 6.61 Å². The van der Waals surface area contributed by atoms with Gasteiger partial charge in [0.2, 0.25) is 0 Å². The summed E-state index contributed by atoms with van der Waals surface area (Å²) in [6.07, 6.45) is 0. The summed E-state index contributed by atoms with van der Waals surface area (Å²) in [5.41, 5.74) is 3.52. The maximum atomic E-state index is 11.3. The Morgan fingerprint density at radius 1 is 1.17 bits per heavy atom. The van der Waals surface area contributed by atoms with Gasteiger partial charge in [-0.15, -0.1) is 0 Å². The van der Waals surface area contributed by atoms with E-state index >= 15 is 0 Å². The first-order valence-corrected chi connectivity index (χ1v) is 7.72. The van der Waals surface area contributed by atoms with Gasteiger partial charge in [0.05, 0.1) is 18.0 Å². The summed E-state index contributed by atoms with van der Waals surface area (Å²) in [6.45, 7) is 4.52. The Labute approximate surface area is 140 Å². The molecule has 0 unspecified atom stereocenters. The third-order valence-electron chi connectivity index (χ3n) is 3.64. The molecule has 1 aromatic heterocycles. The highest BCUT2D eigenvalue weighted by atomic mass is 16.5. The molecule has 0 radical (unpaired) electrons. The molecule has 24 heavy (non-hydrogen) atoms. The standard InChI is InChI=1S/C19H18N2O3/c1-3-24-16-9-7-14(8-10-16)18-12-17(19(22)23)20-21(18)15-6-4-5-13(2)11-15/h4-12H,3H2,1-2H3,(H,22,23). The molecule has 5 heteroatoms. The van der Waals surface area contributed by atoms with Crippen molar-refractivity contribution in [1.29, 1.82) is 0 Å². The van der Waals surface area contributed by atoms with Crippen molar-refractivity contribution >= 4 is 5.97 Å². The van der Waals surface area contributed by atoms with Crippen molar-refractivity contribution in [2.75, 3.05) is 6.61 Å². The number of carboxylic acids is 1. The lowest BCUT2D eigenvalue weighted by molar-refractivity contribution is 0.0690. The summed E-state index contributed by atoms with van der Waals surface area (Å²) in [4.78, 5) is 11.3. The first-order valence-electron chi connectivity index (χ1n) is 7.72. The monoisotopic (exact) mass is 322 g/mol. The van der Waals surface area contributed by atoms with E-state index in [9.17, 15) is 9.90 Å². The molecule has 5 nitrogen and oxygen atoms in total. The second-order valence-electron chi connectivity index (χ2n) is 5.43. The molecule has 1 heterocycles. The van der Waals surface area contributed by atoms with E-state index in [0.717, 1.165) is 28.3 Å². The van der Waals surface area contributed by atoms with E-state index < -0.39 is 5.97 Å². The molecule has 3 rings (SSSR count). The number of carboxylic acid groups (broad SMARTS) is 1. The second kappa shape index (κ2) is 6.58. The molecule has 1 N–H and O–H groups in total. The van der Waals surface area contributed by atoms with Gasteiger partial charge in [0.25, 0.3) is 0 Å². The number of hydrogen-bond acceptors (Lipinski definition) is 3. The second-order valence-corrected chi connectivity index (χ2v) is 5.43. The van der Waals surface area contributed by atoms with Crippen LogP contribution in [-0.2, 0) is 0 Å². The van der Waals surface area contributed by atoms with E-state index in [-0.39, 0.29) is 5.69 Å². The predicted octanol–water partition coefficient (Wildman–Crippen LogP) is 3.94. The fourth-order valence-corrected chi connectivity index (χ4v) is 2.54. The normalized spacial score (nSPS) is 10.6. The highest BCUT2D eigenvalue weighted by Crippen LogP contribution is 2.26. The number of nitrogens with zero attached hydrogens (tertiary/aromatic N) is 2. The molecular formula is C19H18N2O3. The molecular weight excluding hydrogens is 304 g/mol. The van der Waals surface area contributed by atoms with Gasteiger partial charge in [-0.05, 0) is 61.9 Å². The Morgan fingerprint density at radius 3 is 2.54 bits per heavy atom. The molecule has 3 aromatic rings. The highest BCUT2D eigenvalue weighted by Gasteiger charge is 2.16. The minimum Gasteiger partial charge on any atom is -0.494 e. The zero-order chi connectivity index (χ0) is 17.1. The number of ether oxygens (including phenoxy) is 1. The van der Waals surface area contributed by atoms with Gasteiger partial charge in [0.15, 0.2) is 5.69 Å².